The number of hydrogen-bond donors (Lipinski definition) is 0. The van der Waals surface area contributed by atoms with E-state index in [9.17, 15) is 0 Å². The minimum Gasteiger partial charge on any atom is -1.00 e. The average molecular weight is 788 g/mol. The van der Waals surface area contributed by atoms with Gasteiger partial charge in [0.1, 0.15) is 0 Å². The molecule has 0 atom stereocenters. The summed E-state index contributed by atoms with van der Waals surface area (Å²) in [4.78, 5) is 0. The Morgan fingerprint density at radius 3 is 1.20 bits per heavy atom. The maximum absolute atomic E-state index is 2.85. The molecule has 8 aromatic rings. The van der Waals surface area contributed by atoms with E-state index in [1.54, 1.807) is 0 Å². The van der Waals surface area contributed by atoms with E-state index in [1.165, 1.54) is 75.0 Å². The van der Waals surface area contributed by atoms with Crippen molar-refractivity contribution in [3.8, 4) is 0 Å². The van der Waals surface area contributed by atoms with Crippen molar-refractivity contribution in [2.45, 2.75) is 13.8 Å². The van der Waals surface area contributed by atoms with Crippen LogP contribution in [0.2, 0.25) is 0 Å². The number of rotatable bonds is 4. The maximum Gasteiger partial charge on any atom is 4.00 e. The molecule has 8 rings (SSSR count). The summed E-state index contributed by atoms with van der Waals surface area (Å²) in [5, 5.41) is 16.7. The SMILES string of the molecule is Cc1[cH-]c2ccc3ccccc3c2c1[Si](c1ccccc1)(c1ccccc1)c1c(C)[cH-]c2ccc3ccccc3c12.[Cl-].[Cl-].[Hf+4]. The molecule has 4 heteroatoms. The van der Waals surface area contributed by atoms with Gasteiger partial charge >= 0.3 is 25.8 Å². The van der Waals surface area contributed by atoms with Gasteiger partial charge in [0.15, 0.2) is 0 Å². The molecule has 0 saturated heterocycles. The summed E-state index contributed by atoms with van der Waals surface area (Å²) in [5.41, 5.74) is 2.76. The second-order valence-corrected chi connectivity index (χ2v) is 15.0. The Morgan fingerprint density at radius 1 is 0.432 bits per heavy atom. The Hall–Kier alpha value is -3.27. The van der Waals surface area contributed by atoms with Crippen LogP contribution in [0.3, 0.4) is 0 Å². The number of aryl methyl sites for hydroxylation is 2. The zero-order valence-corrected chi connectivity index (χ0v) is 30.7. The number of benzene rings is 6. The maximum atomic E-state index is 2.43. The van der Waals surface area contributed by atoms with Gasteiger partial charge in [0.25, 0.3) is 0 Å². The molecule has 0 nitrogen and oxygen atoms in total. The zero-order chi connectivity index (χ0) is 27.6. The molecule has 0 radical (unpaired) electrons. The summed E-state index contributed by atoms with van der Waals surface area (Å²) in [5.74, 6) is 0. The third-order valence-electron chi connectivity index (χ3n) is 9.12. The molecule has 44 heavy (non-hydrogen) atoms. The van der Waals surface area contributed by atoms with Crippen LogP contribution in [0.1, 0.15) is 11.1 Å². The van der Waals surface area contributed by atoms with Crippen LogP contribution in [0.4, 0.5) is 0 Å². The van der Waals surface area contributed by atoms with E-state index >= 15 is 0 Å². The molecule has 212 valence electrons. The van der Waals surface area contributed by atoms with Crippen LogP contribution in [0.25, 0.3) is 43.1 Å². The van der Waals surface area contributed by atoms with Gasteiger partial charge in [-0.3, -0.25) is 0 Å². The fraction of sp³-hybridized carbons (Fsp3) is 0.0500. The Labute approximate surface area is 291 Å². The molecular formula is C40H30Cl2HfSi. The summed E-state index contributed by atoms with van der Waals surface area (Å²) in [6.45, 7) is 4.69. The van der Waals surface area contributed by atoms with Crippen molar-refractivity contribution < 1.29 is 50.7 Å². The standard InChI is InChI=1S/C40H30Si.2ClH.Hf/c1-27-25-31-23-21-29-13-9-11-19-35(29)37(31)39(27)41(33-15-5-3-6-16-33,34-17-7-4-8-18-34)40-28(2)26-32-24-22-30-14-10-12-20-36(30)38(32)40;;;/h3-26H,1-2H3;2*1H;/q-2;;;+4/p-2. The van der Waals surface area contributed by atoms with Crippen molar-refractivity contribution in [3.63, 3.8) is 0 Å². The van der Waals surface area contributed by atoms with Crippen LogP contribution in [0, 0.1) is 13.8 Å². The summed E-state index contributed by atoms with van der Waals surface area (Å²) >= 11 is 0. The fourth-order valence-corrected chi connectivity index (χ4v) is 13.4. The summed E-state index contributed by atoms with van der Waals surface area (Å²) in [6.07, 6.45) is 0. The molecule has 0 bridgehead atoms. The van der Waals surface area contributed by atoms with Gasteiger partial charge in [0.05, 0.1) is 8.07 Å². The van der Waals surface area contributed by atoms with Crippen LogP contribution in [-0.4, -0.2) is 8.07 Å². The van der Waals surface area contributed by atoms with Crippen LogP contribution in [-0.2, 0) is 25.8 Å². The van der Waals surface area contributed by atoms with Gasteiger partial charge in [-0.05, 0) is 10.8 Å². The summed E-state index contributed by atoms with van der Waals surface area (Å²) in [6, 6.07) is 54.8. The van der Waals surface area contributed by atoms with Gasteiger partial charge < -0.3 is 24.8 Å². The van der Waals surface area contributed by atoms with Gasteiger partial charge in [-0.25, -0.2) is 0 Å². The monoisotopic (exact) mass is 788 g/mol. The van der Waals surface area contributed by atoms with Crippen molar-refractivity contribution in [1.82, 2.24) is 0 Å². The van der Waals surface area contributed by atoms with Gasteiger partial charge in [-0.1, -0.05) is 156 Å². The van der Waals surface area contributed by atoms with Crippen molar-refractivity contribution in [2.24, 2.45) is 0 Å². The van der Waals surface area contributed by atoms with E-state index in [1.807, 2.05) is 0 Å². The first kappa shape index (κ1) is 32.1. The molecule has 0 spiro atoms. The smallest absolute Gasteiger partial charge is 1.00 e. The van der Waals surface area contributed by atoms with Crippen LogP contribution in [0.5, 0.6) is 0 Å². The Morgan fingerprint density at radius 2 is 0.795 bits per heavy atom. The van der Waals surface area contributed by atoms with E-state index in [2.05, 4.69) is 159 Å². The second kappa shape index (κ2) is 12.6. The Bertz CT molecular complexity index is 2070. The summed E-state index contributed by atoms with van der Waals surface area (Å²) in [7, 11) is -2.85. The molecule has 8 aromatic carbocycles. The van der Waals surface area contributed by atoms with Gasteiger partial charge in [0.2, 0.25) is 0 Å². The molecular weight excluding hydrogens is 758 g/mol. The van der Waals surface area contributed by atoms with Crippen LogP contribution < -0.4 is 45.6 Å². The van der Waals surface area contributed by atoms with Gasteiger partial charge in [0, 0.05) is 0 Å². The van der Waals surface area contributed by atoms with Crippen molar-refractivity contribution in [3.05, 3.63) is 157 Å². The topological polar surface area (TPSA) is 0 Å². The van der Waals surface area contributed by atoms with Crippen LogP contribution in [0.15, 0.2) is 146 Å². The minimum atomic E-state index is -2.85. The zero-order valence-electron chi connectivity index (χ0n) is 24.6. The van der Waals surface area contributed by atoms with E-state index < -0.39 is 8.07 Å². The van der Waals surface area contributed by atoms with Crippen molar-refractivity contribution in [1.29, 1.82) is 0 Å². The third kappa shape index (κ3) is 4.66. The first-order valence-corrected chi connectivity index (χ1v) is 16.5. The average Bonchev–Trinajstić information content (AvgIpc) is 3.55. The summed E-state index contributed by atoms with van der Waals surface area (Å²) < 4.78 is 0. The van der Waals surface area contributed by atoms with E-state index in [0.29, 0.717) is 0 Å². The van der Waals surface area contributed by atoms with Crippen molar-refractivity contribution >= 4 is 71.9 Å². The molecule has 0 fully saturated rings. The molecule has 0 heterocycles. The molecule has 0 amide bonds. The van der Waals surface area contributed by atoms with Crippen molar-refractivity contribution in [2.75, 3.05) is 0 Å². The molecule has 0 N–H and O–H groups in total. The third-order valence-corrected chi connectivity index (χ3v) is 14.3. The van der Waals surface area contributed by atoms with Gasteiger partial charge in [-0.2, -0.15) is 0 Å². The predicted octanol–water partition coefficient (Wildman–Crippen LogP) is 1.74. The molecule has 0 aliphatic rings. The van der Waals surface area contributed by atoms with Crippen LogP contribution >= 0.6 is 0 Å². The molecule has 0 aliphatic carbocycles. The Balaban J connectivity index is 0.00000128. The first-order valence-electron chi connectivity index (χ1n) is 14.5. The quantitative estimate of drug-likeness (QED) is 0.189. The Kier molecular flexibility index (Phi) is 9.21. The molecule has 0 aromatic heterocycles. The normalized spacial score (nSPS) is 11.3. The second-order valence-electron chi connectivity index (χ2n) is 11.4. The number of halogens is 2. The first-order chi connectivity index (χ1) is 20.2. The molecule has 0 saturated carbocycles. The van der Waals surface area contributed by atoms with E-state index in [-0.39, 0.29) is 50.7 Å². The molecule has 0 aliphatic heterocycles. The minimum absolute atomic E-state index is 0. The number of fused-ring (bicyclic) bond motifs is 6. The molecule has 0 unspecified atom stereocenters. The van der Waals surface area contributed by atoms with Gasteiger partial charge in [-0.15, -0.1) is 67.3 Å². The largest absolute Gasteiger partial charge is 4.00 e. The number of hydrogen-bond acceptors (Lipinski definition) is 0. The van der Waals surface area contributed by atoms with E-state index in [0.717, 1.165) is 0 Å². The fourth-order valence-electron chi connectivity index (χ4n) is 7.59. The predicted molar refractivity (Wildman–Crippen MR) is 181 cm³/mol. The van der Waals surface area contributed by atoms with E-state index in [4.69, 9.17) is 0 Å².